The molecule has 0 unspecified atom stereocenters. The molecule has 3 aromatic rings. The molecule has 0 spiro atoms. The summed E-state index contributed by atoms with van der Waals surface area (Å²) in [5.74, 6) is 1.26. The molecule has 1 aromatic heterocycles. The maximum Gasteiger partial charge on any atom is 0.247 e. The first kappa shape index (κ1) is 20.9. The molecule has 5 rings (SSSR count). The van der Waals surface area contributed by atoms with E-state index >= 15 is 0 Å². The average Bonchev–Trinajstić information content (AvgIpc) is 3.32. The molecule has 2 heterocycles. The van der Waals surface area contributed by atoms with E-state index in [0.29, 0.717) is 11.8 Å². The standard InChI is InChI=1S/C25H29BrN4O/c26-21-13-11-19(12-14-21)23(25-28-27-24(31-25)20-7-3-1-4-8-20)30-17-15-29(16-18-30)22-9-5-2-6-10-22/h1,3-4,7-8,11-14,22-23H,2,5-6,9-10,15-18H2/t23-/m1/s1. The van der Waals surface area contributed by atoms with E-state index in [1.54, 1.807) is 0 Å². The average molecular weight is 481 g/mol. The number of hydrogen-bond acceptors (Lipinski definition) is 5. The van der Waals surface area contributed by atoms with Crippen molar-refractivity contribution in [2.24, 2.45) is 0 Å². The molecule has 6 heteroatoms. The van der Waals surface area contributed by atoms with E-state index in [1.807, 2.05) is 30.3 Å². The van der Waals surface area contributed by atoms with E-state index in [0.717, 1.165) is 42.3 Å². The fraction of sp³-hybridized carbons (Fsp3) is 0.440. The summed E-state index contributed by atoms with van der Waals surface area (Å²) in [4.78, 5) is 5.21. The van der Waals surface area contributed by atoms with Crippen LogP contribution < -0.4 is 0 Å². The van der Waals surface area contributed by atoms with Crippen molar-refractivity contribution < 1.29 is 4.42 Å². The maximum atomic E-state index is 6.22. The maximum absolute atomic E-state index is 6.22. The first-order valence-corrected chi connectivity index (χ1v) is 12.2. The Morgan fingerprint density at radius 1 is 0.839 bits per heavy atom. The van der Waals surface area contributed by atoms with Gasteiger partial charge in [0.2, 0.25) is 11.8 Å². The Kier molecular flexibility index (Phi) is 6.48. The molecule has 31 heavy (non-hydrogen) atoms. The molecular weight excluding hydrogens is 452 g/mol. The normalized spacial score (nSPS) is 20.0. The lowest BCUT2D eigenvalue weighted by Crippen LogP contribution is -2.51. The van der Waals surface area contributed by atoms with Gasteiger partial charge in [-0.2, -0.15) is 0 Å². The van der Waals surface area contributed by atoms with Crippen LogP contribution in [0.25, 0.3) is 11.5 Å². The molecule has 2 aliphatic rings. The highest BCUT2D eigenvalue weighted by Gasteiger charge is 2.32. The Labute approximate surface area is 192 Å². The van der Waals surface area contributed by atoms with Crippen molar-refractivity contribution in [3.05, 3.63) is 70.5 Å². The van der Waals surface area contributed by atoms with Gasteiger partial charge in [0, 0.05) is 42.3 Å². The second-order valence-corrected chi connectivity index (χ2v) is 9.55. The number of benzene rings is 2. The van der Waals surface area contributed by atoms with Gasteiger partial charge in [-0.05, 0) is 42.7 Å². The quantitative estimate of drug-likeness (QED) is 0.479. The molecule has 0 radical (unpaired) electrons. The molecule has 5 nitrogen and oxygen atoms in total. The summed E-state index contributed by atoms with van der Waals surface area (Å²) in [5, 5.41) is 8.86. The van der Waals surface area contributed by atoms with E-state index in [4.69, 9.17) is 4.42 Å². The molecule has 1 saturated carbocycles. The third-order valence-electron chi connectivity index (χ3n) is 6.69. The van der Waals surface area contributed by atoms with Crippen LogP contribution in [0.2, 0.25) is 0 Å². The van der Waals surface area contributed by atoms with Crippen LogP contribution in [0.15, 0.2) is 63.5 Å². The highest BCUT2D eigenvalue weighted by molar-refractivity contribution is 9.10. The number of nitrogens with zero attached hydrogens (tertiary/aromatic N) is 4. The van der Waals surface area contributed by atoms with Gasteiger partial charge >= 0.3 is 0 Å². The predicted octanol–water partition coefficient (Wildman–Crippen LogP) is 5.54. The van der Waals surface area contributed by atoms with Gasteiger partial charge in [0.25, 0.3) is 0 Å². The molecule has 2 aromatic carbocycles. The van der Waals surface area contributed by atoms with Crippen molar-refractivity contribution in [2.75, 3.05) is 26.2 Å². The van der Waals surface area contributed by atoms with Crippen LogP contribution in [0.4, 0.5) is 0 Å². The summed E-state index contributed by atoms with van der Waals surface area (Å²) in [7, 11) is 0. The number of aromatic nitrogens is 2. The summed E-state index contributed by atoms with van der Waals surface area (Å²) < 4.78 is 7.30. The van der Waals surface area contributed by atoms with Crippen molar-refractivity contribution in [3.8, 4) is 11.5 Å². The van der Waals surface area contributed by atoms with Gasteiger partial charge < -0.3 is 4.42 Å². The molecule has 2 fully saturated rings. The Morgan fingerprint density at radius 2 is 1.55 bits per heavy atom. The topological polar surface area (TPSA) is 45.4 Å². The lowest BCUT2D eigenvalue weighted by atomic mass is 9.93. The van der Waals surface area contributed by atoms with Crippen molar-refractivity contribution >= 4 is 15.9 Å². The van der Waals surface area contributed by atoms with Gasteiger partial charge in [0.15, 0.2) is 0 Å². The summed E-state index contributed by atoms with van der Waals surface area (Å²) in [5.41, 5.74) is 2.15. The zero-order chi connectivity index (χ0) is 21.0. The van der Waals surface area contributed by atoms with Crippen LogP contribution in [-0.2, 0) is 0 Å². The monoisotopic (exact) mass is 480 g/mol. The summed E-state index contributed by atoms with van der Waals surface area (Å²) in [6.07, 6.45) is 6.90. The molecule has 1 saturated heterocycles. The zero-order valence-corrected chi connectivity index (χ0v) is 19.4. The van der Waals surface area contributed by atoms with E-state index in [2.05, 4.69) is 60.2 Å². The number of hydrogen-bond donors (Lipinski definition) is 0. The molecule has 1 aliphatic heterocycles. The molecule has 0 N–H and O–H groups in total. The van der Waals surface area contributed by atoms with Crippen LogP contribution in [0, 0.1) is 0 Å². The smallest absolute Gasteiger partial charge is 0.247 e. The van der Waals surface area contributed by atoms with E-state index in [1.165, 1.54) is 37.7 Å². The van der Waals surface area contributed by atoms with Gasteiger partial charge in [-0.3, -0.25) is 9.80 Å². The van der Waals surface area contributed by atoms with Gasteiger partial charge in [-0.25, -0.2) is 0 Å². The van der Waals surface area contributed by atoms with Gasteiger partial charge in [-0.15, -0.1) is 10.2 Å². The Morgan fingerprint density at radius 3 is 2.26 bits per heavy atom. The minimum atomic E-state index is -0.0217. The highest BCUT2D eigenvalue weighted by atomic mass is 79.9. The van der Waals surface area contributed by atoms with Crippen molar-refractivity contribution in [1.29, 1.82) is 0 Å². The van der Waals surface area contributed by atoms with Gasteiger partial charge in [-0.1, -0.05) is 65.5 Å². The van der Waals surface area contributed by atoms with Crippen molar-refractivity contribution in [3.63, 3.8) is 0 Å². The minimum Gasteiger partial charge on any atom is -0.419 e. The highest BCUT2D eigenvalue weighted by Crippen LogP contribution is 2.32. The Balaban J connectivity index is 1.38. The van der Waals surface area contributed by atoms with Gasteiger partial charge in [0.1, 0.15) is 6.04 Å². The molecule has 0 bridgehead atoms. The van der Waals surface area contributed by atoms with Crippen molar-refractivity contribution in [2.45, 2.75) is 44.2 Å². The first-order chi connectivity index (χ1) is 15.3. The fourth-order valence-corrected chi connectivity index (χ4v) is 5.27. The van der Waals surface area contributed by atoms with E-state index in [-0.39, 0.29) is 6.04 Å². The SMILES string of the molecule is Brc1ccc([C@H](c2nnc(-c3ccccc3)o2)N2CCN(C3CCCCC3)CC2)cc1. The molecule has 1 aliphatic carbocycles. The first-order valence-electron chi connectivity index (χ1n) is 11.4. The third kappa shape index (κ3) is 4.76. The Bertz CT molecular complexity index is 961. The minimum absolute atomic E-state index is 0.0217. The summed E-state index contributed by atoms with van der Waals surface area (Å²) >= 11 is 3.56. The lowest BCUT2D eigenvalue weighted by molar-refractivity contribution is 0.0590. The lowest BCUT2D eigenvalue weighted by Gasteiger charge is -2.42. The second kappa shape index (κ2) is 9.63. The molecule has 162 valence electrons. The molecule has 0 amide bonds. The fourth-order valence-electron chi connectivity index (χ4n) is 5.00. The van der Waals surface area contributed by atoms with Gasteiger partial charge in [0.05, 0.1) is 0 Å². The van der Waals surface area contributed by atoms with E-state index in [9.17, 15) is 0 Å². The van der Waals surface area contributed by atoms with Crippen LogP contribution >= 0.6 is 15.9 Å². The second-order valence-electron chi connectivity index (χ2n) is 8.63. The van der Waals surface area contributed by atoms with Crippen LogP contribution in [-0.4, -0.2) is 52.2 Å². The van der Waals surface area contributed by atoms with E-state index < -0.39 is 0 Å². The number of halogens is 1. The van der Waals surface area contributed by atoms with Crippen LogP contribution in [0.3, 0.4) is 0 Å². The zero-order valence-electron chi connectivity index (χ0n) is 17.8. The summed E-state index contributed by atoms with van der Waals surface area (Å²) in [6.45, 7) is 4.25. The Hall–Kier alpha value is -2.02. The van der Waals surface area contributed by atoms with Crippen LogP contribution in [0.5, 0.6) is 0 Å². The molecule has 1 atom stereocenters. The van der Waals surface area contributed by atoms with Crippen LogP contribution in [0.1, 0.15) is 49.6 Å². The molecular formula is C25H29BrN4O. The largest absolute Gasteiger partial charge is 0.419 e. The summed E-state index contributed by atoms with van der Waals surface area (Å²) in [6, 6.07) is 19.3. The number of piperazine rings is 1. The number of rotatable bonds is 5. The van der Waals surface area contributed by atoms with Crippen molar-refractivity contribution in [1.82, 2.24) is 20.0 Å². The predicted molar refractivity (Wildman–Crippen MR) is 126 cm³/mol. The third-order valence-corrected chi connectivity index (χ3v) is 7.21.